The second kappa shape index (κ2) is 8.08. The summed E-state index contributed by atoms with van der Waals surface area (Å²) in [6, 6.07) is 9.19. The molecule has 2 aliphatic rings. The van der Waals surface area contributed by atoms with E-state index in [2.05, 4.69) is 16.0 Å². The van der Waals surface area contributed by atoms with Crippen LogP contribution in [0.25, 0.3) is 10.9 Å². The molecule has 1 saturated carbocycles. The van der Waals surface area contributed by atoms with Crippen LogP contribution in [-0.2, 0) is 6.54 Å². The van der Waals surface area contributed by atoms with E-state index in [0.29, 0.717) is 19.5 Å². The Morgan fingerprint density at radius 3 is 2.62 bits per heavy atom. The summed E-state index contributed by atoms with van der Waals surface area (Å²) in [7, 11) is 1.67. The third-order valence-electron chi connectivity index (χ3n) is 7.83. The van der Waals surface area contributed by atoms with Crippen molar-refractivity contribution in [3.63, 3.8) is 0 Å². The molecule has 2 aromatic carbocycles. The molecule has 0 bridgehead atoms. The number of fused-ring (bicyclic) bond motifs is 1. The van der Waals surface area contributed by atoms with E-state index >= 15 is 0 Å². The number of benzene rings is 2. The first-order chi connectivity index (χ1) is 16.1. The van der Waals surface area contributed by atoms with E-state index in [1.807, 2.05) is 32.2 Å². The molecule has 2 fully saturated rings. The van der Waals surface area contributed by atoms with Gasteiger partial charge in [-0.3, -0.25) is 4.90 Å². The lowest BCUT2D eigenvalue weighted by Crippen LogP contribution is -2.53. The van der Waals surface area contributed by atoms with Crippen molar-refractivity contribution in [1.82, 2.24) is 9.88 Å². The molecular weight excluding hydrogens is 438 g/mol. The van der Waals surface area contributed by atoms with E-state index in [9.17, 15) is 18.7 Å². The van der Waals surface area contributed by atoms with Crippen LogP contribution in [0, 0.1) is 19.3 Å². The Morgan fingerprint density at radius 2 is 1.97 bits per heavy atom. The third kappa shape index (κ3) is 3.86. The number of hydrogen-bond acceptors (Lipinski definition) is 3. The largest absolute Gasteiger partial charge is 0.496 e. The summed E-state index contributed by atoms with van der Waals surface area (Å²) in [5, 5.41) is 10.5. The number of carbonyl (C=O) groups is 1. The fraction of sp³-hybridized carbons (Fsp3) is 0.444. The van der Waals surface area contributed by atoms with Crippen molar-refractivity contribution in [2.75, 3.05) is 13.7 Å². The van der Waals surface area contributed by atoms with Crippen molar-refractivity contribution >= 4 is 16.9 Å². The zero-order valence-electron chi connectivity index (χ0n) is 19.8. The lowest BCUT2D eigenvalue weighted by molar-refractivity contribution is -0.186. The molecular formula is C27H30F2N2O3. The number of ether oxygens (including phenoxy) is 1. The Balaban J connectivity index is 1.54. The number of carboxylic acids is 1. The molecule has 0 unspecified atom stereocenters. The topological polar surface area (TPSA) is 65.6 Å². The lowest BCUT2D eigenvalue weighted by atomic mass is 9.58. The number of H-pyrrole nitrogens is 1. The number of carboxylic acid groups (broad SMARTS) is 1. The molecule has 1 saturated heterocycles. The molecule has 3 aromatic rings. The minimum Gasteiger partial charge on any atom is -0.496 e. The van der Waals surface area contributed by atoms with Gasteiger partial charge in [-0.25, -0.2) is 13.6 Å². The number of nitrogens with one attached hydrogen (secondary N) is 1. The van der Waals surface area contributed by atoms with Crippen molar-refractivity contribution in [1.29, 1.82) is 0 Å². The number of methoxy groups -OCH3 is 1. The standard InChI is InChI=1S/C27H30F2N2O3/c1-16-10-18(25(32)33)4-5-19(16)22-12-26(14-27(28,29)15-26)7-9-31(22)13-21-20-6-8-30-24(20)17(2)11-23(21)34-3/h4-6,8,10-11,22,30H,7,9,12-15H2,1-3H3,(H,32,33)/t22-/m0/s1. The molecule has 5 rings (SSSR count). The highest BCUT2D eigenvalue weighted by Crippen LogP contribution is 2.60. The van der Waals surface area contributed by atoms with Gasteiger partial charge in [-0.05, 0) is 79.6 Å². The second-order valence-electron chi connectivity index (χ2n) is 10.2. The van der Waals surface area contributed by atoms with Crippen LogP contribution < -0.4 is 4.74 Å². The van der Waals surface area contributed by atoms with E-state index < -0.39 is 11.9 Å². The molecule has 2 heterocycles. The molecule has 2 N–H and O–H groups in total. The molecule has 5 nitrogen and oxygen atoms in total. The molecule has 34 heavy (non-hydrogen) atoms. The van der Waals surface area contributed by atoms with Crippen molar-refractivity contribution < 1.29 is 23.4 Å². The fourth-order valence-corrected chi connectivity index (χ4v) is 6.21. The molecule has 7 heteroatoms. The van der Waals surface area contributed by atoms with Crippen molar-refractivity contribution in [2.45, 2.75) is 58.0 Å². The Kier molecular flexibility index (Phi) is 5.43. The Morgan fingerprint density at radius 1 is 1.21 bits per heavy atom. The molecule has 0 amide bonds. The minimum absolute atomic E-state index is 0.0630. The van der Waals surface area contributed by atoms with Crippen LogP contribution >= 0.6 is 0 Å². The number of aromatic nitrogens is 1. The van der Waals surface area contributed by atoms with Crippen molar-refractivity contribution in [3.8, 4) is 5.75 Å². The quantitative estimate of drug-likeness (QED) is 0.465. The van der Waals surface area contributed by atoms with Gasteiger partial charge in [-0.15, -0.1) is 0 Å². The van der Waals surface area contributed by atoms with Crippen LogP contribution in [0.3, 0.4) is 0 Å². The Labute approximate surface area is 197 Å². The van der Waals surface area contributed by atoms with Gasteiger partial charge in [0.2, 0.25) is 5.92 Å². The van der Waals surface area contributed by atoms with Gasteiger partial charge >= 0.3 is 5.97 Å². The molecule has 1 spiro atoms. The summed E-state index contributed by atoms with van der Waals surface area (Å²) in [6.07, 6.45) is 3.17. The zero-order chi connectivity index (χ0) is 24.3. The molecule has 1 aromatic heterocycles. The van der Waals surface area contributed by atoms with Gasteiger partial charge in [-0.2, -0.15) is 0 Å². The van der Waals surface area contributed by atoms with E-state index in [1.165, 1.54) is 0 Å². The number of aryl methyl sites for hydroxylation is 2. The van der Waals surface area contributed by atoms with Crippen LogP contribution in [-0.4, -0.2) is 40.5 Å². The van der Waals surface area contributed by atoms with E-state index in [1.54, 1.807) is 19.2 Å². The second-order valence-corrected chi connectivity index (χ2v) is 10.2. The maximum Gasteiger partial charge on any atom is 0.335 e. The predicted octanol–water partition coefficient (Wildman–Crippen LogP) is 6.24. The van der Waals surface area contributed by atoms with Crippen molar-refractivity contribution in [3.05, 3.63) is 64.3 Å². The number of alkyl halides is 2. The number of aromatic carboxylic acids is 1. The molecule has 1 aliphatic carbocycles. The van der Waals surface area contributed by atoms with Crippen LogP contribution in [0.1, 0.15) is 64.3 Å². The van der Waals surface area contributed by atoms with Crippen LogP contribution in [0.15, 0.2) is 36.5 Å². The first-order valence-corrected chi connectivity index (χ1v) is 11.7. The first-order valence-electron chi connectivity index (χ1n) is 11.7. The Bertz CT molecular complexity index is 1260. The van der Waals surface area contributed by atoms with E-state index in [-0.39, 0.29) is 29.9 Å². The smallest absolute Gasteiger partial charge is 0.335 e. The average Bonchev–Trinajstić information content (AvgIpc) is 3.26. The highest BCUT2D eigenvalue weighted by molar-refractivity contribution is 5.88. The van der Waals surface area contributed by atoms with Crippen LogP contribution in [0.4, 0.5) is 8.78 Å². The van der Waals surface area contributed by atoms with Crippen molar-refractivity contribution in [2.24, 2.45) is 5.41 Å². The maximum absolute atomic E-state index is 13.9. The lowest BCUT2D eigenvalue weighted by Gasteiger charge is -2.55. The number of aromatic amines is 1. The van der Waals surface area contributed by atoms with Gasteiger partial charge < -0.3 is 14.8 Å². The number of nitrogens with zero attached hydrogens (tertiary/aromatic N) is 1. The van der Waals surface area contributed by atoms with Gasteiger partial charge in [0.15, 0.2) is 0 Å². The van der Waals surface area contributed by atoms with E-state index in [4.69, 9.17) is 4.74 Å². The summed E-state index contributed by atoms with van der Waals surface area (Å²) in [6.45, 7) is 5.27. The maximum atomic E-state index is 13.9. The SMILES string of the molecule is COc1cc(C)c2[nH]ccc2c1CN1CCC2(C[C@H]1c1ccc(C(=O)O)cc1C)CC(F)(F)C2. The van der Waals surface area contributed by atoms with Gasteiger partial charge in [0.05, 0.1) is 12.7 Å². The number of halogens is 2. The van der Waals surface area contributed by atoms with Gasteiger partial charge in [-0.1, -0.05) is 6.07 Å². The summed E-state index contributed by atoms with van der Waals surface area (Å²) in [4.78, 5) is 17.1. The number of hydrogen-bond donors (Lipinski definition) is 2. The van der Waals surface area contributed by atoms with Gasteiger partial charge in [0.25, 0.3) is 0 Å². The summed E-state index contributed by atoms with van der Waals surface area (Å²) >= 11 is 0. The first kappa shape index (κ1) is 22.8. The molecule has 1 atom stereocenters. The number of rotatable bonds is 5. The van der Waals surface area contributed by atoms with Gasteiger partial charge in [0.1, 0.15) is 5.75 Å². The average molecular weight is 469 g/mol. The fourth-order valence-electron chi connectivity index (χ4n) is 6.21. The van der Waals surface area contributed by atoms with Gasteiger partial charge in [0, 0.05) is 48.1 Å². The molecule has 1 aliphatic heterocycles. The predicted molar refractivity (Wildman–Crippen MR) is 127 cm³/mol. The normalized spacial score (nSPS) is 21.5. The highest BCUT2D eigenvalue weighted by Gasteiger charge is 2.58. The molecule has 0 radical (unpaired) electrons. The van der Waals surface area contributed by atoms with E-state index in [0.717, 1.165) is 45.3 Å². The number of piperidine rings is 1. The monoisotopic (exact) mass is 468 g/mol. The van der Waals surface area contributed by atoms with Crippen LogP contribution in [0.5, 0.6) is 5.75 Å². The highest BCUT2D eigenvalue weighted by atomic mass is 19.3. The molecule has 180 valence electrons. The Hall–Kier alpha value is -2.93. The summed E-state index contributed by atoms with van der Waals surface area (Å²) in [5.41, 5.74) is 5.01. The zero-order valence-corrected chi connectivity index (χ0v) is 19.8. The summed E-state index contributed by atoms with van der Waals surface area (Å²) < 4.78 is 33.6. The third-order valence-corrected chi connectivity index (χ3v) is 7.83. The van der Waals surface area contributed by atoms with Crippen LogP contribution in [0.2, 0.25) is 0 Å². The summed E-state index contributed by atoms with van der Waals surface area (Å²) in [5.74, 6) is -2.73. The number of likely N-dealkylation sites (tertiary alicyclic amines) is 1. The minimum atomic E-state index is -2.58.